The van der Waals surface area contributed by atoms with Crippen LogP contribution in [-0.2, 0) is 17.8 Å². The predicted molar refractivity (Wildman–Crippen MR) is 63.7 cm³/mol. The molecule has 17 heavy (non-hydrogen) atoms. The molecule has 0 aliphatic heterocycles. The lowest BCUT2D eigenvalue weighted by Gasteiger charge is -2.19. The number of hydrogen-bond acceptors (Lipinski definition) is 2. The number of aryl methyl sites for hydroxylation is 1. The van der Waals surface area contributed by atoms with Gasteiger partial charge in [-0.15, -0.1) is 0 Å². The molecular weight excluding hydrogens is 218 g/mol. The maximum absolute atomic E-state index is 11.1. The van der Waals surface area contributed by atoms with Crippen LogP contribution in [0.1, 0.15) is 43.9 Å². The Kier molecular flexibility index (Phi) is 3.00. The summed E-state index contributed by atoms with van der Waals surface area (Å²) in [6.45, 7) is 3.86. The maximum Gasteiger partial charge on any atom is 0.310 e. The Balaban J connectivity index is 2.21. The molecule has 0 amide bonds. The number of aromatic nitrogens is 1. The molecule has 0 bridgehead atoms. The van der Waals surface area contributed by atoms with Crippen molar-refractivity contribution < 1.29 is 15.0 Å². The topological polar surface area (TPSA) is 62.5 Å². The number of nitrogens with zero attached hydrogens (tertiary/aromatic N) is 1. The van der Waals surface area contributed by atoms with Gasteiger partial charge in [0.05, 0.1) is 11.5 Å². The van der Waals surface area contributed by atoms with Gasteiger partial charge in [-0.25, -0.2) is 0 Å². The van der Waals surface area contributed by atoms with Crippen LogP contribution in [0.2, 0.25) is 0 Å². The molecule has 94 valence electrons. The van der Waals surface area contributed by atoms with E-state index in [-0.39, 0.29) is 6.10 Å². The van der Waals surface area contributed by atoms with Gasteiger partial charge in [0.2, 0.25) is 0 Å². The summed E-state index contributed by atoms with van der Waals surface area (Å²) in [5.74, 6) is -0.801. The van der Waals surface area contributed by atoms with Gasteiger partial charge in [-0.3, -0.25) is 4.79 Å². The molecule has 4 nitrogen and oxygen atoms in total. The third-order valence-electron chi connectivity index (χ3n) is 3.44. The summed E-state index contributed by atoms with van der Waals surface area (Å²) in [5, 5.41) is 18.9. The zero-order valence-electron chi connectivity index (χ0n) is 10.3. The number of carboxylic acid groups (broad SMARTS) is 1. The molecule has 1 aliphatic carbocycles. The van der Waals surface area contributed by atoms with Gasteiger partial charge in [-0.05, 0) is 38.7 Å². The summed E-state index contributed by atoms with van der Waals surface area (Å²) in [7, 11) is 0. The van der Waals surface area contributed by atoms with Crippen molar-refractivity contribution in [1.29, 1.82) is 0 Å². The van der Waals surface area contributed by atoms with Gasteiger partial charge in [-0.1, -0.05) is 0 Å². The first kappa shape index (κ1) is 12.2. The van der Waals surface area contributed by atoms with Crippen molar-refractivity contribution in [3.63, 3.8) is 0 Å². The minimum Gasteiger partial charge on any atom is -0.481 e. The van der Waals surface area contributed by atoms with E-state index >= 15 is 0 Å². The summed E-state index contributed by atoms with van der Waals surface area (Å²) in [6.07, 6.45) is 6.27. The Hall–Kier alpha value is -1.29. The average molecular weight is 237 g/mol. The molecule has 0 fully saturated rings. The van der Waals surface area contributed by atoms with Crippen molar-refractivity contribution in [1.82, 2.24) is 4.57 Å². The third-order valence-corrected chi connectivity index (χ3v) is 3.44. The number of aliphatic carboxylic acids is 1. The number of aliphatic hydroxyl groups is 1. The summed E-state index contributed by atoms with van der Waals surface area (Å²) in [4.78, 5) is 11.1. The quantitative estimate of drug-likeness (QED) is 0.844. The molecule has 1 unspecified atom stereocenters. The predicted octanol–water partition coefficient (Wildman–Crippen LogP) is 1.97. The minimum atomic E-state index is -0.801. The monoisotopic (exact) mass is 237 g/mol. The first-order chi connectivity index (χ1) is 7.90. The highest BCUT2D eigenvalue weighted by atomic mass is 16.4. The molecule has 1 aromatic rings. The van der Waals surface area contributed by atoms with E-state index in [1.54, 1.807) is 13.8 Å². The van der Waals surface area contributed by atoms with Crippen LogP contribution in [0, 0.1) is 5.41 Å². The molecule has 1 heterocycles. The van der Waals surface area contributed by atoms with E-state index in [1.165, 1.54) is 0 Å². The summed E-state index contributed by atoms with van der Waals surface area (Å²) >= 11 is 0. The second kappa shape index (κ2) is 4.18. The first-order valence-corrected chi connectivity index (χ1v) is 6.00. The summed E-state index contributed by atoms with van der Waals surface area (Å²) in [6, 6.07) is 0. The summed E-state index contributed by atoms with van der Waals surface area (Å²) in [5.41, 5.74) is 1.34. The van der Waals surface area contributed by atoms with Gasteiger partial charge in [0.1, 0.15) is 0 Å². The van der Waals surface area contributed by atoms with Crippen LogP contribution >= 0.6 is 0 Å². The van der Waals surface area contributed by atoms with E-state index in [0.717, 1.165) is 30.4 Å². The molecule has 0 aromatic carbocycles. The third kappa shape index (κ3) is 2.36. The van der Waals surface area contributed by atoms with Crippen LogP contribution < -0.4 is 0 Å². The van der Waals surface area contributed by atoms with Crippen molar-refractivity contribution in [3.8, 4) is 0 Å². The van der Waals surface area contributed by atoms with Crippen molar-refractivity contribution in [3.05, 3.63) is 23.5 Å². The van der Waals surface area contributed by atoms with Crippen LogP contribution in [0.4, 0.5) is 0 Å². The zero-order valence-corrected chi connectivity index (χ0v) is 10.3. The number of fused-ring (bicyclic) bond motifs is 1. The van der Waals surface area contributed by atoms with Gasteiger partial charge in [0.25, 0.3) is 0 Å². The molecular formula is C13H19NO3. The fourth-order valence-electron chi connectivity index (χ4n) is 2.34. The van der Waals surface area contributed by atoms with Crippen LogP contribution in [0.5, 0.6) is 0 Å². The number of hydrogen-bond donors (Lipinski definition) is 2. The van der Waals surface area contributed by atoms with E-state index in [9.17, 15) is 9.90 Å². The van der Waals surface area contributed by atoms with E-state index in [2.05, 4.69) is 0 Å². The van der Waals surface area contributed by atoms with Crippen LogP contribution in [0.3, 0.4) is 0 Å². The van der Waals surface area contributed by atoms with Gasteiger partial charge in [0, 0.05) is 24.5 Å². The Morgan fingerprint density at radius 3 is 2.82 bits per heavy atom. The number of aliphatic hydroxyl groups excluding tert-OH is 1. The molecule has 0 saturated carbocycles. The van der Waals surface area contributed by atoms with Crippen molar-refractivity contribution >= 4 is 5.97 Å². The lowest BCUT2D eigenvalue weighted by molar-refractivity contribution is -0.147. The van der Waals surface area contributed by atoms with Gasteiger partial charge < -0.3 is 14.8 Å². The fraction of sp³-hybridized carbons (Fsp3) is 0.615. The molecule has 1 aliphatic rings. The van der Waals surface area contributed by atoms with Gasteiger partial charge in [0.15, 0.2) is 0 Å². The highest BCUT2D eigenvalue weighted by Gasteiger charge is 2.28. The zero-order chi connectivity index (χ0) is 12.6. The second-order valence-corrected chi connectivity index (χ2v) is 5.51. The smallest absolute Gasteiger partial charge is 0.310 e. The van der Waals surface area contributed by atoms with Gasteiger partial charge >= 0.3 is 5.97 Å². The molecule has 2 N–H and O–H groups in total. The molecule has 0 saturated heterocycles. The van der Waals surface area contributed by atoms with Crippen molar-refractivity contribution in [2.24, 2.45) is 5.41 Å². The number of rotatable bonds is 3. The Bertz CT molecular complexity index is 434. The normalized spacial score (nSPS) is 20.1. The van der Waals surface area contributed by atoms with Crippen LogP contribution in [0.15, 0.2) is 12.4 Å². The molecule has 0 spiro atoms. The average Bonchev–Trinajstić information content (AvgIpc) is 2.60. The van der Waals surface area contributed by atoms with E-state index < -0.39 is 11.4 Å². The molecule has 0 radical (unpaired) electrons. The van der Waals surface area contributed by atoms with Crippen molar-refractivity contribution in [2.75, 3.05) is 0 Å². The molecule has 4 heteroatoms. The SMILES string of the molecule is CC(C)(Cn1cc2c(c1)C(O)CCC2)C(=O)O. The molecule has 2 rings (SSSR count). The first-order valence-electron chi connectivity index (χ1n) is 6.00. The number of carboxylic acids is 1. The Morgan fingerprint density at radius 1 is 1.53 bits per heavy atom. The van der Waals surface area contributed by atoms with Crippen LogP contribution in [-0.4, -0.2) is 20.7 Å². The van der Waals surface area contributed by atoms with Crippen LogP contribution in [0.25, 0.3) is 0 Å². The van der Waals surface area contributed by atoms with Gasteiger partial charge in [-0.2, -0.15) is 0 Å². The highest BCUT2D eigenvalue weighted by molar-refractivity contribution is 5.73. The Morgan fingerprint density at radius 2 is 2.24 bits per heavy atom. The standard InChI is InChI=1S/C13H19NO3/c1-13(2,12(16)17)8-14-6-9-4-3-5-11(15)10(9)7-14/h6-7,11,15H,3-5,8H2,1-2H3,(H,16,17). The Labute approximate surface area is 101 Å². The lowest BCUT2D eigenvalue weighted by Crippen LogP contribution is -2.28. The second-order valence-electron chi connectivity index (χ2n) is 5.51. The van der Waals surface area contributed by atoms with E-state index in [1.807, 2.05) is 17.0 Å². The van der Waals surface area contributed by atoms with Crippen molar-refractivity contribution in [2.45, 2.75) is 45.8 Å². The highest BCUT2D eigenvalue weighted by Crippen LogP contribution is 2.31. The summed E-state index contributed by atoms with van der Waals surface area (Å²) < 4.78 is 1.90. The van der Waals surface area contributed by atoms with E-state index in [0.29, 0.717) is 6.54 Å². The fourth-order valence-corrected chi connectivity index (χ4v) is 2.34. The lowest BCUT2D eigenvalue weighted by atomic mass is 9.93. The maximum atomic E-state index is 11.1. The number of carbonyl (C=O) groups is 1. The molecule has 1 atom stereocenters. The molecule has 1 aromatic heterocycles. The largest absolute Gasteiger partial charge is 0.481 e. The van der Waals surface area contributed by atoms with E-state index in [4.69, 9.17) is 5.11 Å². The minimum absolute atomic E-state index is 0.382.